The fourth-order valence-corrected chi connectivity index (χ4v) is 3.31. The second kappa shape index (κ2) is 5.64. The van der Waals surface area contributed by atoms with Crippen LogP contribution in [0.15, 0.2) is 18.2 Å². The third kappa shape index (κ3) is 2.63. The van der Waals surface area contributed by atoms with Crippen molar-refractivity contribution in [2.75, 3.05) is 23.0 Å². The van der Waals surface area contributed by atoms with Gasteiger partial charge in [0.2, 0.25) is 0 Å². The predicted octanol–water partition coefficient (Wildman–Crippen LogP) is 2.55. The van der Waals surface area contributed by atoms with Crippen molar-refractivity contribution in [2.24, 2.45) is 0 Å². The largest absolute Gasteiger partial charge is 0.389 e. The van der Waals surface area contributed by atoms with Crippen molar-refractivity contribution in [1.29, 1.82) is 5.26 Å². The molecule has 2 unspecified atom stereocenters. The molecule has 0 aromatic heterocycles. The van der Waals surface area contributed by atoms with Crippen molar-refractivity contribution in [2.45, 2.75) is 26.0 Å². The Labute approximate surface area is 112 Å². The SMILES string of the molecule is CC(O)c1ccc(C#N)cc1N1CCSCC1C. The molecule has 1 aromatic rings. The highest BCUT2D eigenvalue weighted by Crippen LogP contribution is 2.31. The zero-order valence-electron chi connectivity index (χ0n) is 10.8. The first-order valence-electron chi connectivity index (χ1n) is 6.20. The van der Waals surface area contributed by atoms with Crippen molar-refractivity contribution in [3.8, 4) is 6.07 Å². The molecule has 1 aromatic carbocycles. The molecule has 2 rings (SSSR count). The Bertz CT molecular complexity index is 467. The quantitative estimate of drug-likeness (QED) is 0.890. The van der Waals surface area contributed by atoms with Crippen molar-refractivity contribution in [3.05, 3.63) is 29.3 Å². The Morgan fingerprint density at radius 3 is 2.94 bits per heavy atom. The lowest BCUT2D eigenvalue weighted by Crippen LogP contribution is -2.41. The lowest BCUT2D eigenvalue weighted by molar-refractivity contribution is 0.199. The van der Waals surface area contributed by atoms with E-state index in [1.165, 1.54) is 0 Å². The highest BCUT2D eigenvalue weighted by molar-refractivity contribution is 7.99. The number of anilines is 1. The van der Waals surface area contributed by atoms with Crippen LogP contribution in [0.1, 0.15) is 31.1 Å². The van der Waals surface area contributed by atoms with Crippen molar-refractivity contribution >= 4 is 17.4 Å². The number of hydrogen-bond acceptors (Lipinski definition) is 4. The summed E-state index contributed by atoms with van der Waals surface area (Å²) in [6.45, 7) is 4.94. The zero-order chi connectivity index (χ0) is 13.1. The van der Waals surface area contributed by atoms with Gasteiger partial charge in [0.05, 0.1) is 17.7 Å². The van der Waals surface area contributed by atoms with Gasteiger partial charge in [-0.2, -0.15) is 17.0 Å². The molecule has 1 aliphatic rings. The standard InChI is InChI=1S/C14H18N2OS/c1-10-9-18-6-5-16(10)14-7-12(8-15)3-4-13(14)11(2)17/h3-4,7,10-11,17H,5-6,9H2,1-2H3. The minimum atomic E-state index is -0.505. The summed E-state index contributed by atoms with van der Waals surface area (Å²) >= 11 is 1.96. The Hall–Kier alpha value is -1.18. The summed E-state index contributed by atoms with van der Waals surface area (Å²) in [6, 6.07) is 8.15. The number of thioether (sulfide) groups is 1. The highest BCUT2D eigenvalue weighted by Gasteiger charge is 2.22. The van der Waals surface area contributed by atoms with E-state index in [1.807, 2.05) is 23.9 Å². The van der Waals surface area contributed by atoms with Gasteiger partial charge < -0.3 is 10.0 Å². The van der Waals surface area contributed by atoms with Crippen molar-refractivity contribution in [1.82, 2.24) is 0 Å². The van der Waals surface area contributed by atoms with Gasteiger partial charge in [-0.25, -0.2) is 0 Å². The number of nitriles is 1. The molecule has 2 atom stereocenters. The van der Waals surface area contributed by atoms with Crippen LogP contribution >= 0.6 is 11.8 Å². The smallest absolute Gasteiger partial charge is 0.0992 e. The van der Waals surface area contributed by atoms with E-state index in [0.29, 0.717) is 11.6 Å². The van der Waals surface area contributed by atoms with Crippen LogP contribution in [0.5, 0.6) is 0 Å². The molecule has 0 bridgehead atoms. The first-order chi connectivity index (χ1) is 8.63. The highest BCUT2D eigenvalue weighted by atomic mass is 32.2. The van der Waals surface area contributed by atoms with Gasteiger partial charge >= 0.3 is 0 Å². The summed E-state index contributed by atoms with van der Waals surface area (Å²) in [4.78, 5) is 2.30. The second-order valence-corrected chi connectivity index (χ2v) is 5.83. The molecule has 0 radical (unpaired) electrons. The molecular weight excluding hydrogens is 244 g/mol. The average Bonchev–Trinajstić information content (AvgIpc) is 2.38. The zero-order valence-corrected chi connectivity index (χ0v) is 11.6. The lowest BCUT2D eigenvalue weighted by Gasteiger charge is -2.36. The van der Waals surface area contributed by atoms with E-state index in [9.17, 15) is 5.11 Å². The van der Waals surface area contributed by atoms with Crippen molar-refractivity contribution in [3.63, 3.8) is 0 Å². The Balaban J connectivity index is 2.42. The van der Waals surface area contributed by atoms with E-state index in [4.69, 9.17) is 5.26 Å². The normalized spacial score (nSPS) is 21.4. The van der Waals surface area contributed by atoms with E-state index >= 15 is 0 Å². The summed E-state index contributed by atoms with van der Waals surface area (Å²) in [5.74, 6) is 2.19. The lowest BCUT2D eigenvalue weighted by atomic mass is 10.0. The molecule has 1 heterocycles. The van der Waals surface area contributed by atoms with Crippen LogP contribution in [0.2, 0.25) is 0 Å². The third-order valence-electron chi connectivity index (χ3n) is 3.29. The van der Waals surface area contributed by atoms with Crippen LogP contribution in [0, 0.1) is 11.3 Å². The summed E-state index contributed by atoms with van der Waals surface area (Å²) in [5, 5.41) is 18.9. The molecule has 0 saturated carbocycles. The van der Waals surface area contributed by atoms with Gasteiger partial charge in [-0.15, -0.1) is 0 Å². The molecule has 0 amide bonds. The molecule has 1 saturated heterocycles. The van der Waals surface area contributed by atoms with Crippen LogP contribution in [0.25, 0.3) is 0 Å². The van der Waals surface area contributed by atoms with E-state index in [2.05, 4.69) is 17.9 Å². The van der Waals surface area contributed by atoms with Crippen LogP contribution in [-0.4, -0.2) is 29.2 Å². The molecule has 1 fully saturated rings. The molecule has 0 aliphatic carbocycles. The molecular formula is C14H18N2OS. The van der Waals surface area contributed by atoms with Gasteiger partial charge in [0.25, 0.3) is 0 Å². The van der Waals surface area contributed by atoms with Gasteiger partial charge in [0, 0.05) is 35.3 Å². The van der Waals surface area contributed by atoms with Crippen molar-refractivity contribution < 1.29 is 5.11 Å². The number of nitrogens with zero attached hydrogens (tertiary/aromatic N) is 2. The molecule has 4 heteroatoms. The van der Waals surface area contributed by atoms with Crippen LogP contribution < -0.4 is 4.90 Å². The topological polar surface area (TPSA) is 47.3 Å². The summed E-state index contributed by atoms with van der Waals surface area (Å²) in [7, 11) is 0. The number of benzene rings is 1. The Kier molecular flexibility index (Phi) is 4.15. The minimum absolute atomic E-state index is 0.440. The predicted molar refractivity (Wildman–Crippen MR) is 75.9 cm³/mol. The maximum absolute atomic E-state index is 9.87. The van der Waals surface area contributed by atoms with Gasteiger partial charge in [0.15, 0.2) is 0 Å². The number of aliphatic hydroxyl groups is 1. The van der Waals surface area contributed by atoms with Crippen LogP contribution in [0.4, 0.5) is 5.69 Å². The fraction of sp³-hybridized carbons (Fsp3) is 0.500. The maximum Gasteiger partial charge on any atom is 0.0992 e. The molecule has 3 nitrogen and oxygen atoms in total. The van der Waals surface area contributed by atoms with E-state index in [-0.39, 0.29) is 0 Å². The van der Waals surface area contributed by atoms with Crippen LogP contribution in [0.3, 0.4) is 0 Å². The van der Waals surface area contributed by atoms with Gasteiger partial charge in [0.1, 0.15) is 0 Å². The van der Waals surface area contributed by atoms with E-state index < -0.39 is 6.10 Å². The Morgan fingerprint density at radius 1 is 1.56 bits per heavy atom. The van der Waals surface area contributed by atoms with Gasteiger partial charge in [-0.3, -0.25) is 0 Å². The fourth-order valence-electron chi connectivity index (χ4n) is 2.30. The third-order valence-corrected chi connectivity index (χ3v) is 4.48. The van der Waals surface area contributed by atoms with E-state index in [0.717, 1.165) is 29.3 Å². The number of hydrogen-bond donors (Lipinski definition) is 1. The number of rotatable bonds is 2. The first-order valence-corrected chi connectivity index (χ1v) is 7.35. The monoisotopic (exact) mass is 262 g/mol. The second-order valence-electron chi connectivity index (χ2n) is 4.68. The summed E-state index contributed by atoms with van der Waals surface area (Å²) < 4.78 is 0. The minimum Gasteiger partial charge on any atom is -0.389 e. The van der Waals surface area contributed by atoms with Crippen LogP contribution in [-0.2, 0) is 0 Å². The molecule has 1 aliphatic heterocycles. The van der Waals surface area contributed by atoms with Gasteiger partial charge in [-0.05, 0) is 26.0 Å². The Morgan fingerprint density at radius 2 is 2.33 bits per heavy atom. The number of aliphatic hydroxyl groups excluding tert-OH is 1. The summed E-state index contributed by atoms with van der Waals surface area (Å²) in [6.07, 6.45) is -0.505. The average molecular weight is 262 g/mol. The molecule has 18 heavy (non-hydrogen) atoms. The summed E-state index contributed by atoms with van der Waals surface area (Å²) in [5.41, 5.74) is 2.57. The molecule has 0 spiro atoms. The first kappa shape index (κ1) is 13.3. The molecule has 96 valence electrons. The molecule has 1 N–H and O–H groups in total. The maximum atomic E-state index is 9.87. The van der Waals surface area contributed by atoms with Gasteiger partial charge in [-0.1, -0.05) is 6.07 Å². The van der Waals surface area contributed by atoms with E-state index in [1.54, 1.807) is 13.0 Å².